The van der Waals surface area contributed by atoms with Crippen LogP contribution in [0.15, 0.2) is 53.3 Å². The van der Waals surface area contributed by atoms with Gasteiger partial charge in [0.25, 0.3) is 5.69 Å². The van der Waals surface area contributed by atoms with Crippen LogP contribution in [-0.2, 0) is 13.1 Å². The summed E-state index contributed by atoms with van der Waals surface area (Å²) in [7, 11) is 0. The maximum atomic E-state index is 12.8. The van der Waals surface area contributed by atoms with Gasteiger partial charge in [-0.2, -0.15) is 9.67 Å². The fraction of sp³-hybridized carbons (Fsp3) is 0.118. The molecule has 4 rings (SSSR count). The Morgan fingerprint density at radius 3 is 2.37 bits per heavy atom. The van der Waals surface area contributed by atoms with Crippen molar-refractivity contribution in [1.29, 1.82) is 0 Å². The van der Waals surface area contributed by atoms with Crippen LogP contribution in [0.1, 0.15) is 11.4 Å². The van der Waals surface area contributed by atoms with Gasteiger partial charge in [0.05, 0.1) is 18.0 Å². The van der Waals surface area contributed by atoms with Gasteiger partial charge < -0.3 is 0 Å². The summed E-state index contributed by atoms with van der Waals surface area (Å²) in [5.74, 6) is 0.335. The molecular formula is C17H12ClN5O4. The lowest BCUT2D eigenvalue weighted by Crippen LogP contribution is -2.34. The summed E-state index contributed by atoms with van der Waals surface area (Å²) >= 11 is 5.88. The third-order valence-corrected chi connectivity index (χ3v) is 4.51. The van der Waals surface area contributed by atoms with Crippen LogP contribution in [0, 0.1) is 10.1 Å². The molecule has 27 heavy (non-hydrogen) atoms. The molecule has 1 aromatic heterocycles. The first-order valence-corrected chi connectivity index (χ1v) is 8.31. The fourth-order valence-corrected chi connectivity index (χ4v) is 3.06. The summed E-state index contributed by atoms with van der Waals surface area (Å²) in [5, 5.41) is 11.3. The van der Waals surface area contributed by atoms with Crippen molar-refractivity contribution in [2.75, 3.05) is 4.90 Å². The predicted octanol–water partition coefficient (Wildman–Crippen LogP) is 2.64. The van der Waals surface area contributed by atoms with Crippen molar-refractivity contribution in [1.82, 2.24) is 14.3 Å². The van der Waals surface area contributed by atoms with Gasteiger partial charge in [-0.1, -0.05) is 23.7 Å². The molecule has 0 atom stereocenters. The number of aromatic nitrogens is 3. The zero-order valence-electron chi connectivity index (χ0n) is 13.8. The molecule has 0 radical (unpaired) electrons. The first kappa shape index (κ1) is 17.0. The highest BCUT2D eigenvalue weighted by Gasteiger charge is 2.33. The zero-order chi connectivity index (χ0) is 19.1. The molecular weight excluding hydrogens is 374 g/mol. The van der Waals surface area contributed by atoms with E-state index in [1.807, 2.05) is 0 Å². The van der Waals surface area contributed by atoms with E-state index in [4.69, 9.17) is 11.6 Å². The molecule has 2 heterocycles. The van der Waals surface area contributed by atoms with Crippen molar-refractivity contribution in [3.05, 3.63) is 85.5 Å². The third-order valence-electron chi connectivity index (χ3n) is 4.26. The minimum atomic E-state index is -0.549. The number of benzene rings is 2. The highest BCUT2D eigenvalue weighted by molar-refractivity contribution is 6.30. The molecule has 0 bridgehead atoms. The standard InChI is InChI=1S/C17H12ClN5O4/c18-12-3-7-13(8-4-12)20-10-15-19-16(24)21(22(15)17(20)25)9-11-1-5-14(6-2-11)23(26)27/h1-8H,9-10H2. The second-order valence-corrected chi connectivity index (χ2v) is 6.39. The molecule has 0 saturated carbocycles. The number of nitrogens with zero attached hydrogens (tertiary/aromatic N) is 5. The molecule has 0 fully saturated rings. The van der Waals surface area contributed by atoms with Crippen molar-refractivity contribution < 1.29 is 9.72 Å². The van der Waals surface area contributed by atoms with Crippen LogP contribution in [0.5, 0.6) is 0 Å². The Morgan fingerprint density at radius 2 is 1.74 bits per heavy atom. The van der Waals surface area contributed by atoms with Crippen LogP contribution in [-0.4, -0.2) is 25.3 Å². The Morgan fingerprint density at radius 1 is 1.07 bits per heavy atom. The summed E-state index contributed by atoms with van der Waals surface area (Å²) in [6.07, 6.45) is 0. The number of rotatable bonds is 4. The Hall–Kier alpha value is -3.46. The van der Waals surface area contributed by atoms with E-state index >= 15 is 0 Å². The van der Waals surface area contributed by atoms with Crippen LogP contribution in [0.3, 0.4) is 0 Å². The molecule has 0 saturated heterocycles. The number of halogens is 1. The lowest BCUT2D eigenvalue weighted by Gasteiger charge is -2.15. The van der Waals surface area contributed by atoms with Crippen LogP contribution >= 0.6 is 11.6 Å². The van der Waals surface area contributed by atoms with Gasteiger partial charge in [0.1, 0.15) is 0 Å². The van der Waals surface area contributed by atoms with Gasteiger partial charge in [-0.15, -0.1) is 0 Å². The first-order valence-electron chi connectivity index (χ1n) is 7.93. The second-order valence-electron chi connectivity index (χ2n) is 5.95. The largest absolute Gasteiger partial charge is 0.364 e. The number of anilines is 1. The Balaban J connectivity index is 1.64. The lowest BCUT2D eigenvalue weighted by atomic mass is 10.2. The van der Waals surface area contributed by atoms with Crippen molar-refractivity contribution in [2.45, 2.75) is 13.1 Å². The Bertz CT molecular complexity index is 1100. The number of carbonyl (C=O) groups is 1. The minimum Gasteiger partial charge on any atom is -0.285 e. The molecule has 1 aliphatic rings. The van der Waals surface area contributed by atoms with Crippen molar-refractivity contribution in [3.8, 4) is 0 Å². The van der Waals surface area contributed by atoms with Crippen LogP contribution in [0.4, 0.5) is 16.2 Å². The molecule has 10 heteroatoms. The summed E-state index contributed by atoms with van der Waals surface area (Å²) < 4.78 is 2.45. The van der Waals surface area contributed by atoms with E-state index < -0.39 is 16.6 Å². The van der Waals surface area contributed by atoms with Gasteiger partial charge in [0.2, 0.25) is 0 Å². The quantitative estimate of drug-likeness (QED) is 0.507. The van der Waals surface area contributed by atoms with Crippen molar-refractivity contribution in [2.24, 2.45) is 0 Å². The maximum Gasteiger partial charge on any atom is 0.364 e. The smallest absolute Gasteiger partial charge is 0.285 e. The SMILES string of the molecule is O=C1N(c2ccc(Cl)cc2)Cc2nc(=O)n(Cc3ccc([N+](=O)[O-])cc3)n21. The van der Waals surface area contributed by atoms with Crippen LogP contribution in [0.25, 0.3) is 0 Å². The lowest BCUT2D eigenvalue weighted by molar-refractivity contribution is -0.384. The average molecular weight is 386 g/mol. The molecule has 3 aromatic rings. The maximum absolute atomic E-state index is 12.8. The summed E-state index contributed by atoms with van der Waals surface area (Å²) in [6, 6.07) is 12.2. The van der Waals surface area contributed by atoms with Gasteiger partial charge in [0, 0.05) is 22.8 Å². The summed E-state index contributed by atoms with van der Waals surface area (Å²) in [4.78, 5) is 40.7. The van der Waals surface area contributed by atoms with Gasteiger partial charge in [0.15, 0.2) is 5.82 Å². The van der Waals surface area contributed by atoms with Gasteiger partial charge in [-0.3, -0.25) is 15.0 Å². The van der Waals surface area contributed by atoms with Gasteiger partial charge >= 0.3 is 11.7 Å². The number of non-ortho nitro benzene ring substituents is 1. The molecule has 2 aromatic carbocycles. The van der Waals surface area contributed by atoms with Gasteiger partial charge in [-0.25, -0.2) is 14.3 Å². The molecule has 0 aliphatic carbocycles. The van der Waals surface area contributed by atoms with Crippen LogP contribution < -0.4 is 10.6 Å². The summed E-state index contributed by atoms with van der Waals surface area (Å²) in [5.41, 5.74) is 0.689. The highest BCUT2D eigenvalue weighted by atomic mass is 35.5. The third kappa shape index (κ3) is 2.97. The van der Waals surface area contributed by atoms with E-state index in [0.29, 0.717) is 22.1 Å². The molecule has 9 nitrogen and oxygen atoms in total. The first-order chi connectivity index (χ1) is 12.9. The molecule has 1 aliphatic heterocycles. The number of nitro groups is 1. The second kappa shape index (κ2) is 6.36. The normalized spacial score (nSPS) is 13.1. The fourth-order valence-electron chi connectivity index (χ4n) is 2.94. The Kier molecular flexibility index (Phi) is 4.00. The van der Waals surface area contributed by atoms with E-state index in [2.05, 4.69) is 4.98 Å². The van der Waals surface area contributed by atoms with E-state index in [-0.39, 0.29) is 18.8 Å². The van der Waals surface area contributed by atoms with Crippen molar-refractivity contribution in [3.63, 3.8) is 0 Å². The minimum absolute atomic E-state index is 0.0467. The predicted molar refractivity (Wildman–Crippen MR) is 97.1 cm³/mol. The Labute approximate surface area is 157 Å². The molecule has 0 unspecified atom stereocenters. The van der Waals surface area contributed by atoms with E-state index in [1.165, 1.54) is 26.4 Å². The van der Waals surface area contributed by atoms with Crippen molar-refractivity contribution >= 4 is 29.0 Å². The zero-order valence-corrected chi connectivity index (χ0v) is 14.5. The van der Waals surface area contributed by atoms with E-state index in [1.54, 1.807) is 36.4 Å². The number of amides is 1. The van der Waals surface area contributed by atoms with Gasteiger partial charge in [-0.05, 0) is 29.8 Å². The summed E-state index contributed by atoms with van der Waals surface area (Å²) in [6.45, 7) is 0.243. The molecule has 1 amide bonds. The number of nitro benzene ring substituents is 1. The molecule has 136 valence electrons. The van der Waals surface area contributed by atoms with E-state index in [9.17, 15) is 19.7 Å². The highest BCUT2D eigenvalue weighted by Crippen LogP contribution is 2.24. The monoisotopic (exact) mass is 385 g/mol. The average Bonchev–Trinajstić information content (AvgIpc) is 3.12. The number of carbonyl (C=O) groups excluding carboxylic acids is 1. The number of fused-ring (bicyclic) bond motifs is 1. The molecule has 0 N–H and O–H groups in total. The molecule has 0 spiro atoms. The van der Waals surface area contributed by atoms with E-state index in [0.717, 1.165) is 0 Å². The number of hydrogen-bond acceptors (Lipinski definition) is 5. The number of hydrogen-bond donors (Lipinski definition) is 0. The topological polar surface area (TPSA) is 103 Å². The van der Waals surface area contributed by atoms with Crippen LogP contribution in [0.2, 0.25) is 5.02 Å².